The van der Waals surface area contributed by atoms with Crippen molar-refractivity contribution >= 4 is 11.8 Å². The first-order valence-corrected chi connectivity index (χ1v) is 6.51. The molecule has 0 radical (unpaired) electrons. The summed E-state index contributed by atoms with van der Waals surface area (Å²) in [7, 11) is 0. The number of esters is 1. The number of hydrogen-bond acceptors (Lipinski definition) is 4. The second kappa shape index (κ2) is 7.69. The Balaban J connectivity index is 2.74. The molecule has 4 heteroatoms. The van der Waals surface area contributed by atoms with Gasteiger partial charge in [0.2, 0.25) is 0 Å². The highest BCUT2D eigenvalue weighted by Crippen LogP contribution is 2.06. The number of Topliss-reactive ketones (excluding diaryl/α,β-unsaturated/α-hetero) is 1. The van der Waals surface area contributed by atoms with Gasteiger partial charge in [-0.25, -0.2) is 0 Å². The van der Waals surface area contributed by atoms with Crippen LogP contribution in [-0.2, 0) is 20.7 Å². The largest absolute Gasteiger partial charge is 0.465 e. The van der Waals surface area contributed by atoms with Gasteiger partial charge < -0.3 is 4.74 Å². The number of rotatable bonds is 7. The Morgan fingerprint density at radius 1 is 1.26 bits per heavy atom. The zero-order valence-corrected chi connectivity index (χ0v) is 11.7. The Morgan fingerprint density at radius 3 is 2.42 bits per heavy atom. The fourth-order valence-electron chi connectivity index (χ4n) is 1.72. The van der Waals surface area contributed by atoms with Crippen LogP contribution < -0.4 is 5.32 Å². The Labute approximate surface area is 114 Å². The molecule has 104 valence electrons. The second-order valence-electron chi connectivity index (χ2n) is 4.49. The summed E-state index contributed by atoms with van der Waals surface area (Å²) in [4.78, 5) is 23.2. The number of carbonyl (C=O) groups is 2. The van der Waals surface area contributed by atoms with Crippen LogP contribution in [0.2, 0.25) is 0 Å². The van der Waals surface area contributed by atoms with Gasteiger partial charge in [0.1, 0.15) is 11.8 Å². The topological polar surface area (TPSA) is 55.4 Å². The van der Waals surface area contributed by atoms with Crippen molar-refractivity contribution in [2.75, 3.05) is 6.61 Å². The van der Waals surface area contributed by atoms with Gasteiger partial charge in [-0.1, -0.05) is 30.3 Å². The van der Waals surface area contributed by atoms with Crippen molar-refractivity contribution in [3.8, 4) is 0 Å². The maximum atomic E-state index is 11.9. The lowest BCUT2D eigenvalue weighted by Crippen LogP contribution is -2.47. The van der Waals surface area contributed by atoms with E-state index in [1.807, 2.05) is 30.3 Å². The van der Waals surface area contributed by atoms with E-state index in [0.29, 0.717) is 13.0 Å². The molecular formula is C15H21NO3. The molecule has 0 saturated carbocycles. The molecule has 1 rings (SSSR count). The van der Waals surface area contributed by atoms with Crippen molar-refractivity contribution in [2.45, 2.75) is 39.3 Å². The summed E-state index contributed by atoms with van der Waals surface area (Å²) < 4.78 is 5.04. The molecule has 0 saturated heterocycles. The average Bonchev–Trinajstić information content (AvgIpc) is 2.39. The molecule has 0 aliphatic rings. The Hall–Kier alpha value is -1.68. The maximum absolute atomic E-state index is 11.9. The van der Waals surface area contributed by atoms with E-state index in [1.165, 1.54) is 6.92 Å². The van der Waals surface area contributed by atoms with Gasteiger partial charge in [0.15, 0.2) is 0 Å². The van der Waals surface area contributed by atoms with E-state index in [0.717, 1.165) is 5.56 Å². The van der Waals surface area contributed by atoms with Crippen LogP contribution in [0.4, 0.5) is 0 Å². The maximum Gasteiger partial charge on any atom is 0.323 e. The fraction of sp³-hybridized carbons (Fsp3) is 0.467. The van der Waals surface area contributed by atoms with E-state index >= 15 is 0 Å². The molecule has 0 amide bonds. The average molecular weight is 263 g/mol. The molecule has 0 fully saturated rings. The molecule has 0 aliphatic carbocycles. The number of hydrogen-bond donors (Lipinski definition) is 1. The van der Waals surface area contributed by atoms with Gasteiger partial charge in [-0.2, -0.15) is 0 Å². The first-order valence-electron chi connectivity index (χ1n) is 6.51. The minimum Gasteiger partial charge on any atom is -0.465 e. The predicted octanol–water partition coefficient (Wildman–Crippen LogP) is 1.73. The summed E-state index contributed by atoms with van der Waals surface area (Å²) in [5, 5.41) is 3.03. The monoisotopic (exact) mass is 263 g/mol. The number of ketones is 1. The molecule has 0 aliphatic heterocycles. The van der Waals surface area contributed by atoms with E-state index < -0.39 is 6.04 Å². The van der Waals surface area contributed by atoms with Crippen LogP contribution in [0, 0.1) is 0 Å². The standard InChI is InChI=1S/C15H21NO3/c1-4-19-15(18)14(16-11(2)12(3)17)10-13-8-6-5-7-9-13/h5-9,11,14,16H,4,10H2,1-3H3/t11?,14-/m0/s1. The Bertz CT molecular complexity index is 417. The molecule has 0 aromatic heterocycles. The van der Waals surface area contributed by atoms with E-state index in [2.05, 4.69) is 5.32 Å². The van der Waals surface area contributed by atoms with Crippen LogP contribution in [0.15, 0.2) is 30.3 Å². The minimum atomic E-state index is -0.499. The van der Waals surface area contributed by atoms with Crippen molar-refractivity contribution in [2.24, 2.45) is 0 Å². The van der Waals surface area contributed by atoms with Gasteiger partial charge >= 0.3 is 5.97 Å². The fourth-order valence-corrected chi connectivity index (χ4v) is 1.72. The van der Waals surface area contributed by atoms with Crippen LogP contribution >= 0.6 is 0 Å². The van der Waals surface area contributed by atoms with Gasteiger partial charge in [0.05, 0.1) is 12.6 Å². The molecule has 1 aromatic rings. The molecule has 1 aromatic carbocycles. The van der Waals surface area contributed by atoms with Gasteiger partial charge in [-0.05, 0) is 32.8 Å². The van der Waals surface area contributed by atoms with Crippen LogP contribution in [0.3, 0.4) is 0 Å². The molecule has 19 heavy (non-hydrogen) atoms. The Morgan fingerprint density at radius 2 is 1.89 bits per heavy atom. The van der Waals surface area contributed by atoms with Crippen molar-refractivity contribution in [3.05, 3.63) is 35.9 Å². The quantitative estimate of drug-likeness (QED) is 0.761. The highest BCUT2D eigenvalue weighted by Gasteiger charge is 2.23. The Kier molecular flexibility index (Phi) is 6.22. The van der Waals surface area contributed by atoms with E-state index in [4.69, 9.17) is 4.74 Å². The van der Waals surface area contributed by atoms with Crippen molar-refractivity contribution in [1.82, 2.24) is 5.32 Å². The lowest BCUT2D eigenvalue weighted by atomic mass is 10.0. The second-order valence-corrected chi connectivity index (χ2v) is 4.49. The summed E-state index contributed by atoms with van der Waals surface area (Å²) in [6, 6.07) is 8.81. The first-order chi connectivity index (χ1) is 9.04. The SMILES string of the molecule is CCOC(=O)[C@H](Cc1ccccc1)NC(C)C(C)=O. The normalized spacial score (nSPS) is 13.6. The van der Waals surface area contributed by atoms with Gasteiger partial charge in [0, 0.05) is 0 Å². The van der Waals surface area contributed by atoms with Crippen LogP contribution in [0.1, 0.15) is 26.3 Å². The lowest BCUT2D eigenvalue weighted by Gasteiger charge is -2.20. The molecule has 1 N–H and O–H groups in total. The number of carbonyl (C=O) groups excluding carboxylic acids is 2. The van der Waals surface area contributed by atoms with Crippen LogP contribution in [0.25, 0.3) is 0 Å². The zero-order valence-electron chi connectivity index (χ0n) is 11.7. The van der Waals surface area contributed by atoms with Crippen LogP contribution in [0.5, 0.6) is 0 Å². The lowest BCUT2D eigenvalue weighted by molar-refractivity contribution is -0.145. The summed E-state index contributed by atoms with van der Waals surface area (Å²) >= 11 is 0. The summed E-state index contributed by atoms with van der Waals surface area (Å²) in [5.74, 6) is -0.318. The molecule has 0 bridgehead atoms. The van der Waals surface area contributed by atoms with Gasteiger partial charge in [-0.15, -0.1) is 0 Å². The third-order valence-corrected chi connectivity index (χ3v) is 2.91. The number of nitrogens with one attached hydrogen (secondary N) is 1. The molecule has 1 unspecified atom stereocenters. The minimum absolute atomic E-state index is 0.00219. The highest BCUT2D eigenvalue weighted by molar-refractivity contribution is 5.83. The molecular weight excluding hydrogens is 242 g/mol. The number of benzene rings is 1. The summed E-state index contributed by atoms with van der Waals surface area (Å²) in [6.07, 6.45) is 0.511. The highest BCUT2D eigenvalue weighted by atomic mass is 16.5. The third-order valence-electron chi connectivity index (χ3n) is 2.91. The predicted molar refractivity (Wildman–Crippen MR) is 73.8 cm³/mol. The zero-order chi connectivity index (χ0) is 14.3. The van der Waals surface area contributed by atoms with Crippen molar-refractivity contribution in [1.29, 1.82) is 0 Å². The number of ether oxygens (including phenoxy) is 1. The summed E-state index contributed by atoms with van der Waals surface area (Å²) in [5.41, 5.74) is 1.03. The molecule has 0 heterocycles. The first kappa shape index (κ1) is 15.4. The van der Waals surface area contributed by atoms with E-state index in [1.54, 1.807) is 13.8 Å². The molecule has 2 atom stereocenters. The van der Waals surface area contributed by atoms with Crippen molar-refractivity contribution in [3.63, 3.8) is 0 Å². The van der Waals surface area contributed by atoms with Gasteiger partial charge in [0.25, 0.3) is 0 Å². The van der Waals surface area contributed by atoms with Gasteiger partial charge in [-0.3, -0.25) is 14.9 Å². The third kappa shape index (κ3) is 5.22. The van der Waals surface area contributed by atoms with Crippen LogP contribution in [-0.4, -0.2) is 30.4 Å². The summed E-state index contributed by atoms with van der Waals surface area (Å²) in [6.45, 7) is 5.36. The molecule has 4 nitrogen and oxygen atoms in total. The van der Waals surface area contributed by atoms with Crippen molar-refractivity contribution < 1.29 is 14.3 Å². The van der Waals surface area contributed by atoms with E-state index in [-0.39, 0.29) is 17.8 Å². The smallest absolute Gasteiger partial charge is 0.323 e. The molecule has 0 spiro atoms. The van der Waals surface area contributed by atoms with E-state index in [9.17, 15) is 9.59 Å².